The summed E-state index contributed by atoms with van der Waals surface area (Å²) in [6, 6.07) is 0. The van der Waals surface area contributed by atoms with Crippen molar-refractivity contribution < 1.29 is 28.6 Å². The Hall–Kier alpha value is -3.15. The van der Waals surface area contributed by atoms with Crippen LogP contribution < -0.4 is 0 Å². The third-order valence-corrected chi connectivity index (χ3v) is 13.2. The molecule has 0 amide bonds. The molecule has 0 aliphatic carbocycles. The Morgan fingerprint density at radius 3 is 0.887 bits per heavy atom. The summed E-state index contributed by atoms with van der Waals surface area (Å²) in [4.78, 5) is 38.2. The van der Waals surface area contributed by atoms with Gasteiger partial charge in [-0.05, 0) is 89.9 Å². The van der Waals surface area contributed by atoms with Crippen LogP contribution in [0.5, 0.6) is 0 Å². The molecule has 6 heteroatoms. The van der Waals surface area contributed by atoms with Gasteiger partial charge >= 0.3 is 17.9 Å². The van der Waals surface area contributed by atoms with E-state index in [1.54, 1.807) is 0 Å². The summed E-state index contributed by atoms with van der Waals surface area (Å²) < 4.78 is 16.9. The summed E-state index contributed by atoms with van der Waals surface area (Å²) in [6.45, 7) is 6.52. The molecule has 1 atom stereocenters. The van der Waals surface area contributed by atoms with Crippen molar-refractivity contribution in [1.82, 2.24) is 0 Å². The minimum Gasteiger partial charge on any atom is -0.462 e. The van der Waals surface area contributed by atoms with Crippen LogP contribution in [0.15, 0.2) is 72.9 Å². The molecular formula is C65H114O6. The van der Waals surface area contributed by atoms with Crippen LogP contribution in [-0.2, 0) is 28.6 Å². The number of hydrogen-bond donors (Lipinski definition) is 0. The molecule has 0 aromatic rings. The first-order chi connectivity index (χ1) is 35.0. The summed E-state index contributed by atoms with van der Waals surface area (Å²) in [5.41, 5.74) is 0. The van der Waals surface area contributed by atoms with Crippen molar-refractivity contribution in [2.24, 2.45) is 0 Å². The van der Waals surface area contributed by atoms with Crippen LogP contribution in [0, 0.1) is 0 Å². The fourth-order valence-electron chi connectivity index (χ4n) is 8.64. The van der Waals surface area contributed by atoms with Crippen molar-refractivity contribution in [3.05, 3.63) is 72.9 Å². The Kier molecular flexibility index (Phi) is 56.8. The Bertz CT molecular complexity index is 1320. The number of esters is 3. The van der Waals surface area contributed by atoms with Crippen LogP contribution in [0.25, 0.3) is 0 Å². The van der Waals surface area contributed by atoms with Crippen molar-refractivity contribution in [2.45, 2.75) is 309 Å². The molecule has 0 radical (unpaired) electrons. The van der Waals surface area contributed by atoms with Crippen LogP contribution in [0.3, 0.4) is 0 Å². The van der Waals surface area contributed by atoms with Gasteiger partial charge in [0.25, 0.3) is 0 Å². The quantitative estimate of drug-likeness (QED) is 0.0261. The van der Waals surface area contributed by atoms with E-state index >= 15 is 0 Å². The van der Waals surface area contributed by atoms with Gasteiger partial charge in [0, 0.05) is 19.3 Å². The standard InChI is InChI=1S/C65H114O6/c1-4-7-10-13-16-19-22-25-27-29-31-32-34-35-37-40-43-46-49-52-55-58-64(67)70-61-62(60-69-63(66)57-54-51-48-45-42-39-24-21-18-15-12-9-6-3)71-65(68)59-56-53-50-47-44-41-38-36-33-30-28-26-23-20-17-14-11-8-5-2/h7,10,16-17,19-20,25-28,31-32,62H,4-6,8-9,11-15,18,21-24,29-30,33-61H2,1-3H3/b10-7-,19-16-,20-17-,27-25-,28-26-,32-31-. The molecule has 0 bridgehead atoms. The monoisotopic (exact) mass is 991 g/mol. The maximum Gasteiger partial charge on any atom is 0.306 e. The summed E-state index contributed by atoms with van der Waals surface area (Å²) in [5.74, 6) is -0.876. The SMILES string of the molecule is CC/C=C\C/C=C\C/C=C\C/C=C\CCCCCCCCCCC(=O)OCC(COC(=O)CCCCCCCCCCCCCCC)OC(=O)CCCCCCCCCCC/C=C\C/C=C\CCCCC. The predicted octanol–water partition coefficient (Wildman–Crippen LogP) is 20.5. The summed E-state index contributed by atoms with van der Waals surface area (Å²) in [7, 11) is 0. The molecule has 1 unspecified atom stereocenters. The molecule has 71 heavy (non-hydrogen) atoms. The third-order valence-electron chi connectivity index (χ3n) is 13.2. The van der Waals surface area contributed by atoms with E-state index < -0.39 is 6.10 Å². The third kappa shape index (κ3) is 57.6. The smallest absolute Gasteiger partial charge is 0.306 e. The molecule has 6 nitrogen and oxygen atoms in total. The first-order valence-corrected chi connectivity index (χ1v) is 30.4. The van der Waals surface area contributed by atoms with Gasteiger partial charge in [0.05, 0.1) is 0 Å². The Morgan fingerprint density at radius 1 is 0.296 bits per heavy atom. The van der Waals surface area contributed by atoms with Crippen LogP contribution >= 0.6 is 0 Å². The molecule has 0 saturated heterocycles. The van der Waals surface area contributed by atoms with Crippen LogP contribution in [0.2, 0.25) is 0 Å². The van der Waals surface area contributed by atoms with Gasteiger partial charge in [0.2, 0.25) is 0 Å². The van der Waals surface area contributed by atoms with E-state index in [1.165, 1.54) is 167 Å². The fourth-order valence-corrected chi connectivity index (χ4v) is 8.64. The Labute approximate surface area is 440 Å². The predicted molar refractivity (Wildman–Crippen MR) is 307 cm³/mol. The van der Waals surface area contributed by atoms with E-state index in [-0.39, 0.29) is 31.1 Å². The van der Waals surface area contributed by atoms with Gasteiger partial charge in [-0.25, -0.2) is 0 Å². The van der Waals surface area contributed by atoms with Gasteiger partial charge in [-0.15, -0.1) is 0 Å². The average molecular weight is 992 g/mol. The molecule has 0 aromatic heterocycles. The lowest BCUT2D eigenvalue weighted by Gasteiger charge is -2.18. The molecule has 0 spiro atoms. The molecule has 0 rings (SSSR count). The minimum atomic E-state index is -0.780. The fraction of sp³-hybridized carbons (Fsp3) is 0.769. The zero-order chi connectivity index (χ0) is 51.4. The zero-order valence-electron chi connectivity index (χ0n) is 47.0. The normalized spacial score (nSPS) is 12.5. The molecule has 0 aliphatic rings. The second-order valence-electron chi connectivity index (χ2n) is 20.2. The molecule has 0 heterocycles. The molecule has 0 aliphatic heterocycles. The maximum absolute atomic E-state index is 12.9. The highest BCUT2D eigenvalue weighted by Gasteiger charge is 2.19. The topological polar surface area (TPSA) is 78.9 Å². The lowest BCUT2D eigenvalue weighted by atomic mass is 10.0. The van der Waals surface area contributed by atoms with Crippen molar-refractivity contribution in [1.29, 1.82) is 0 Å². The van der Waals surface area contributed by atoms with Gasteiger partial charge in [-0.2, -0.15) is 0 Å². The average Bonchev–Trinajstić information content (AvgIpc) is 3.37. The molecule has 0 N–H and O–H groups in total. The highest BCUT2D eigenvalue weighted by atomic mass is 16.6. The largest absolute Gasteiger partial charge is 0.462 e. The Balaban J connectivity index is 4.35. The number of carbonyl (C=O) groups excluding carboxylic acids is 3. The molecule has 0 aromatic carbocycles. The maximum atomic E-state index is 12.9. The van der Waals surface area contributed by atoms with E-state index in [9.17, 15) is 14.4 Å². The van der Waals surface area contributed by atoms with Gasteiger partial charge in [-0.1, -0.05) is 267 Å². The van der Waals surface area contributed by atoms with Crippen LogP contribution in [-0.4, -0.2) is 37.2 Å². The molecular weight excluding hydrogens is 877 g/mol. The van der Waals surface area contributed by atoms with Gasteiger partial charge in [-0.3, -0.25) is 14.4 Å². The van der Waals surface area contributed by atoms with E-state index in [0.29, 0.717) is 19.3 Å². The van der Waals surface area contributed by atoms with Crippen molar-refractivity contribution >= 4 is 17.9 Å². The lowest BCUT2D eigenvalue weighted by Crippen LogP contribution is -2.30. The molecule has 0 saturated carbocycles. The first kappa shape index (κ1) is 67.8. The first-order valence-electron chi connectivity index (χ1n) is 30.4. The second kappa shape index (κ2) is 59.4. The van der Waals surface area contributed by atoms with Crippen molar-refractivity contribution in [3.8, 4) is 0 Å². The number of carbonyl (C=O) groups is 3. The van der Waals surface area contributed by atoms with E-state index in [1.807, 2.05) is 0 Å². The lowest BCUT2D eigenvalue weighted by molar-refractivity contribution is -0.167. The second-order valence-corrected chi connectivity index (χ2v) is 20.2. The van der Waals surface area contributed by atoms with Gasteiger partial charge in [0.1, 0.15) is 13.2 Å². The number of allylic oxidation sites excluding steroid dienone is 12. The molecule has 0 fully saturated rings. The van der Waals surface area contributed by atoms with Crippen molar-refractivity contribution in [2.75, 3.05) is 13.2 Å². The van der Waals surface area contributed by atoms with E-state index in [0.717, 1.165) is 96.3 Å². The summed E-state index contributed by atoms with van der Waals surface area (Å²) in [6.07, 6.45) is 76.0. The number of rotatable bonds is 55. The Morgan fingerprint density at radius 2 is 0.549 bits per heavy atom. The van der Waals surface area contributed by atoms with Gasteiger partial charge < -0.3 is 14.2 Å². The van der Waals surface area contributed by atoms with E-state index in [4.69, 9.17) is 14.2 Å². The summed E-state index contributed by atoms with van der Waals surface area (Å²) >= 11 is 0. The van der Waals surface area contributed by atoms with Crippen molar-refractivity contribution in [3.63, 3.8) is 0 Å². The zero-order valence-corrected chi connectivity index (χ0v) is 47.0. The minimum absolute atomic E-state index is 0.0768. The van der Waals surface area contributed by atoms with Crippen LogP contribution in [0.1, 0.15) is 303 Å². The number of unbranched alkanes of at least 4 members (excludes halogenated alkanes) is 32. The van der Waals surface area contributed by atoms with Crippen LogP contribution in [0.4, 0.5) is 0 Å². The summed E-state index contributed by atoms with van der Waals surface area (Å²) in [5, 5.41) is 0. The number of ether oxygens (including phenoxy) is 3. The van der Waals surface area contributed by atoms with E-state index in [2.05, 4.69) is 93.7 Å². The highest BCUT2D eigenvalue weighted by Crippen LogP contribution is 2.16. The number of hydrogen-bond acceptors (Lipinski definition) is 6. The highest BCUT2D eigenvalue weighted by molar-refractivity contribution is 5.71. The van der Waals surface area contributed by atoms with Gasteiger partial charge in [0.15, 0.2) is 6.10 Å². The molecule has 410 valence electrons.